The van der Waals surface area contributed by atoms with Gasteiger partial charge in [-0.25, -0.2) is 0 Å². The molecule has 0 heterocycles. The van der Waals surface area contributed by atoms with Gasteiger partial charge in [-0.15, -0.1) is 11.8 Å². The number of rotatable bonds is 12. The first-order valence-electron chi connectivity index (χ1n) is 10.3. The monoisotopic (exact) mass is 382 g/mol. The fourth-order valence-electron chi connectivity index (χ4n) is 2.78. The zero-order valence-electron chi connectivity index (χ0n) is 18.1. The third-order valence-corrected chi connectivity index (χ3v) is 5.52. The summed E-state index contributed by atoms with van der Waals surface area (Å²) in [5.74, 6) is 1.06. The van der Waals surface area contributed by atoms with Gasteiger partial charge in [0.25, 0.3) is 0 Å². The summed E-state index contributed by atoms with van der Waals surface area (Å²) in [4.78, 5) is 1.35. The van der Waals surface area contributed by atoms with Crippen LogP contribution in [0.1, 0.15) is 73.1 Å². The topological polar surface area (TPSA) is 0 Å². The van der Waals surface area contributed by atoms with E-state index in [2.05, 4.69) is 89.3 Å². The Balaban J connectivity index is 2.21. The summed E-state index contributed by atoms with van der Waals surface area (Å²) in [7, 11) is 0. The van der Waals surface area contributed by atoms with Gasteiger partial charge in [0, 0.05) is 10.6 Å². The molecule has 0 fully saturated rings. The van der Waals surface area contributed by atoms with Gasteiger partial charge >= 0.3 is 0 Å². The largest absolute Gasteiger partial charge is 0.122 e. The molecule has 0 aromatic heterocycles. The minimum Gasteiger partial charge on any atom is -0.122 e. The van der Waals surface area contributed by atoms with Gasteiger partial charge in [0.15, 0.2) is 0 Å². The van der Waals surface area contributed by atoms with Crippen LogP contribution in [0, 0.1) is 0 Å². The molecule has 0 aliphatic carbocycles. The number of hydrogen-bond donors (Lipinski definition) is 0. The van der Waals surface area contributed by atoms with Crippen molar-refractivity contribution in [2.75, 3.05) is 5.75 Å². The van der Waals surface area contributed by atoms with Gasteiger partial charge in [-0.2, -0.15) is 0 Å². The maximum atomic E-state index is 2.42. The molecule has 0 atom stereocenters. The van der Waals surface area contributed by atoms with Crippen LogP contribution in [0.2, 0.25) is 0 Å². The quantitative estimate of drug-likeness (QED) is 0.257. The smallest absolute Gasteiger partial charge is 0.0163 e. The Morgan fingerprint density at radius 3 is 1.67 bits per heavy atom. The van der Waals surface area contributed by atoms with Crippen molar-refractivity contribution >= 4 is 11.8 Å². The van der Waals surface area contributed by atoms with E-state index in [4.69, 9.17) is 0 Å². The highest BCUT2D eigenvalue weighted by Crippen LogP contribution is 2.18. The SMILES string of the molecule is CC(C)=CCCC(C)=CCCC(C)=CCCC(C)=CCSc1ccccc1. The van der Waals surface area contributed by atoms with Crippen LogP contribution >= 0.6 is 11.8 Å². The lowest BCUT2D eigenvalue weighted by atomic mass is 10.0. The minimum atomic E-state index is 1.06. The zero-order chi connectivity index (χ0) is 19.9. The third kappa shape index (κ3) is 13.4. The first-order chi connectivity index (χ1) is 13.0. The Kier molecular flexibility index (Phi) is 12.7. The summed E-state index contributed by atoms with van der Waals surface area (Å²) in [6.07, 6.45) is 16.6. The van der Waals surface area contributed by atoms with E-state index in [1.807, 2.05) is 11.8 Å². The van der Waals surface area contributed by atoms with E-state index in [9.17, 15) is 0 Å². The van der Waals surface area contributed by atoms with E-state index in [0.29, 0.717) is 0 Å². The number of thioether (sulfide) groups is 1. The maximum absolute atomic E-state index is 2.42. The van der Waals surface area contributed by atoms with Crippen molar-refractivity contribution in [2.45, 2.75) is 78.0 Å². The highest BCUT2D eigenvalue weighted by Gasteiger charge is 1.94. The molecular formula is C26H38S. The standard InChI is InChI=1S/C26H38S/c1-22(2)12-9-13-23(3)14-10-15-24(4)16-11-17-25(5)20-21-27-26-18-7-6-8-19-26/h6-8,12,14,16,18-20H,9-11,13,15,17,21H2,1-5H3. The van der Waals surface area contributed by atoms with Crippen molar-refractivity contribution < 1.29 is 0 Å². The van der Waals surface area contributed by atoms with Crippen molar-refractivity contribution in [1.29, 1.82) is 0 Å². The molecule has 0 unspecified atom stereocenters. The number of hydrogen-bond acceptors (Lipinski definition) is 1. The maximum Gasteiger partial charge on any atom is 0.0163 e. The zero-order valence-corrected chi connectivity index (χ0v) is 18.9. The second kappa shape index (κ2) is 14.6. The molecule has 0 aliphatic rings. The molecule has 0 aliphatic heterocycles. The van der Waals surface area contributed by atoms with Crippen molar-refractivity contribution in [3.8, 4) is 0 Å². The van der Waals surface area contributed by atoms with Crippen molar-refractivity contribution in [2.24, 2.45) is 0 Å². The van der Waals surface area contributed by atoms with Crippen LogP contribution in [0.3, 0.4) is 0 Å². The van der Waals surface area contributed by atoms with E-state index in [1.54, 1.807) is 0 Å². The summed E-state index contributed by atoms with van der Waals surface area (Å²) in [5.41, 5.74) is 5.96. The van der Waals surface area contributed by atoms with E-state index in [1.165, 1.54) is 59.3 Å². The first-order valence-corrected chi connectivity index (χ1v) is 11.2. The highest BCUT2D eigenvalue weighted by molar-refractivity contribution is 7.99. The fraction of sp³-hybridized carbons (Fsp3) is 0.462. The molecule has 148 valence electrons. The van der Waals surface area contributed by atoms with Crippen LogP contribution in [0.4, 0.5) is 0 Å². The molecule has 0 saturated carbocycles. The molecule has 0 saturated heterocycles. The molecule has 0 spiro atoms. The van der Waals surface area contributed by atoms with Crippen LogP contribution in [0.15, 0.2) is 81.8 Å². The van der Waals surface area contributed by atoms with Crippen molar-refractivity contribution in [3.63, 3.8) is 0 Å². The number of benzene rings is 1. The molecule has 0 N–H and O–H groups in total. The van der Waals surface area contributed by atoms with E-state index in [-0.39, 0.29) is 0 Å². The van der Waals surface area contributed by atoms with Crippen LogP contribution < -0.4 is 0 Å². The molecule has 1 aromatic rings. The lowest BCUT2D eigenvalue weighted by molar-refractivity contribution is 0.899. The Morgan fingerprint density at radius 2 is 1.15 bits per heavy atom. The fourth-order valence-corrected chi connectivity index (χ4v) is 3.69. The second-order valence-corrected chi connectivity index (χ2v) is 8.77. The van der Waals surface area contributed by atoms with Gasteiger partial charge in [0.2, 0.25) is 0 Å². The normalized spacial score (nSPS) is 13.0. The van der Waals surface area contributed by atoms with Crippen LogP contribution in [-0.4, -0.2) is 5.75 Å². The average Bonchev–Trinajstić information content (AvgIpc) is 2.62. The summed E-state index contributed by atoms with van der Waals surface area (Å²) < 4.78 is 0. The van der Waals surface area contributed by atoms with E-state index < -0.39 is 0 Å². The van der Waals surface area contributed by atoms with E-state index >= 15 is 0 Å². The van der Waals surface area contributed by atoms with Gasteiger partial charge in [-0.3, -0.25) is 0 Å². The van der Waals surface area contributed by atoms with Gasteiger partial charge in [0.1, 0.15) is 0 Å². The van der Waals surface area contributed by atoms with E-state index in [0.717, 1.165) is 12.2 Å². The molecule has 0 amide bonds. The van der Waals surface area contributed by atoms with Crippen molar-refractivity contribution in [3.05, 3.63) is 76.9 Å². The predicted octanol–water partition coefficient (Wildman–Crippen LogP) is 8.92. The molecule has 1 aromatic carbocycles. The Bertz CT molecular complexity index is 640. The average molecular weight is 383 g/mol. The van der Waals surface area contributed by atoms with Crippen LogP contribution in [0.25, 0.3) is 0 Å². The van der Waals surface area contributed by atoms with Gasteiger partial charge in [-0.1, -0.05) is 64.8 Å². The number of allylic oxidation sites excluding steroid dienone is 7. The Morgan fingerprint density at radius 1 is 0.667 bits per heavy atom. The molecule has 0 nitrogen and oxygen atoms in total. The molecule has 0 bridgehead atoms. The molecular weight excluding hydrogens is 344 g/mol. The summed E-state index contributed by atoms with van der Waals surface area (Å²) >= 11 is 1.91. The Hall–Kier alpha value is -1.47. The Labute approximate surface area is 172 Å². The molecule has 0 radical (unpaired) electrons. The molecule has 1 heteroatoms. The lowest BCUT2D eigenvalue weighted by Gasteiger charge is -2.03. The summed E-state index contributed by atoms with van der Waals surface area (Å²) in [6, 6.07) is 10.6. The van der Waals surface area contributed by atoms with Crippen molar-refractivity contribution in [1.82, 2.24) is 0 Å². The van der Waals surface area contributed by atoms with Gasteiger partial charge < -0.3 is 0 Å². The van der Waals surface area contributed by atoms with Crippen LogP contribution in [-0.2, 0) is 0 Å². The minimum absolute atomic E-state index is 1.06. The van der Waals surface area contributed by atoms with Gasteiger partial charge in [-0.05, 0) is 85.3 Å². The van der Waals surface area contributed by atoms with Crippen LogP contribution in [0.5, 0.6) is 0 Å². The summed E-state index contributed by atoms with van der Waals surface area (Å²) in [6.45, 7) is 11.1. The predicted molar refractivity (Wildman–Crippen MR) is 126 cm³/mol. The summed E-state index contributed by atoms with van der Waals surface area (Å²) in [5, 5.41) is 0. The van der Waals surface area contributed by atoms with Gasteiger partial charge in [0.05, 0.1) is 0 Å². The second-order valence-electron chi connectivity index (χ2n) is 7.67. The highest BCUT2D eigenvalue weighted by atomic mass is 32.2. The molecule has 27 heavy (non-hydrogen) atoms. The lowest BCUT2D eigenvalue weighted by Crippen LogP contribution is -1.83. The third-order valence-electron chi connectivity index (χ3n) is 4.58. The molecule has 1 rings (SSSR count). The first kappa shape index (κ1) is 23.6.